The fourth-order valence-corrected chi connectivity index (χ4v) is 2.35. The average Bonchev–Trinajstić information content (AvgIpc) is 2.31. The van der Waals surface area contributed by atoms with Gasteiger partial charge in [0.25, 0.3) is 5.54 Å². The van der Waals surface area contributed by atoms with Crippen LogP contribution in [0.5, 0.6) is 0 Å². The summed E-state index contributed by atoms with van der Waals surface area (Å²) in [5, 5.41) is 11.3. The van der Waals surface area contributed by atoms with Crippen LogP contribution in [-0.2, 0) is 4.74 Å². The summed E-state index contributed by atoms with van der Waals surface area (Å²) >= 11 is 0. The Morgan fingerprint density at radius 3 is 2.88 bits per heavy atom. The van der Waals surface area contributed by atoms with Gasteiger partial charge in [-0.05, 0) is 6.42 Å². The van der Waals surface area contributed by atoms with E-state index >= 15 is 0 Å². The summed E-state index contributed by atoms with van der Waals surface area (Å²) in [4.78, 5) is 11.1. The molecular formula is C13H21NO3. The second-order valence-electron chi connectivity index (χ2n) is 4.67. The minimum atomic E-state index is -1.15. The highest BCUT2D eigenvalue weighted by Crippen LogP contribution is 2.35. The molecule has 0 bridgehead atoms. The SMILES string of the molecule is C=C=C1CCO[C@H](CCCCC)[C@@]1(C)[N+](=O)[O-]. The van der Waals surface area contributed by atoms with Crippen LogP contribution in [0.1, 0.15) is 46.0 Å². The van der Waals surface area contributed by atoms with Crippen LogP contribution in [0.2, 0.25) is 0 Å². The molecule has 96 valence electrons. The van der Waals surface area contributed by atoms with Crippen LogP contribution in [0.4, 0.5) is 0 Å². The Morgan fingerprint density at radius 2 is 2.35 bits per heavy atom. The van der Waals surface area contributed by atoms with E-state index < -0.39 is 5.54 Å². The molecule has 0 aromatic carbocycles. The van der Waals surface area contributed by atoms with Gasteiger partial charge in [-0.3, -0.25) is 10.1 Å². The monoisotopic (exact) mass is 239 g/mol. The van der Waals surface area contributed by atoms with E-state index in [0.717, 1.165) is 25.7 Å². The molecule has 4 heteroatoms. The van der Waals surface area contributed by atoms with Gasteiger partial charge in [-0.25, -0.2) is 0 Å². The summed E-state index contributed by atoms with van der Waals surface area (Å²) in [7, 11) is 0. The van der Waals surface area contributed by atoms with Crippen LogP contribution >= 0.6 is 0 Å². The van der Waals surface area contributed by atoms with Gasteiger partial charge < -0.3 is 4.74 Å². The zero-order valence-corrected chi connectivity index (χ0v) is 10.7. The molecule has 1 aliphatic heterocycles. The smallest absolute Gasteiger partial charge is 0.273 e. The first-order valence-electron chi connectivity index (χ1n) is 6.22. The van der Waals surface area contributed by atoms with Crippen LogP contribution in [0.15, 0.2) is 17.9 Å². The highest BCUT2D eigenvalue weighted by Gasteiger charge is 2.51. The van der Waals surface area contributed by atoms with Crippen molar-refractivity contribution in [1.29, 1.82) is 0 Å². The second kappa shape index (κ2) is 5.99. The summed E-state index contributed by atoms with van der Waals surface area (Å²) in [6.45, 7) is 7.86. The van der Waals surface area contributed by atoms with Gasteiger partial charge in [0.1, 0.15) is 6.10 Å². The van der Waals surface area contributed by atoms with Crippen LogP contribution in [0.25, 0.3) is 0 Å². The van der Waals surface area contributed by atoms with Crippen molar-refractivity contribution >= 4 is 0 Å². The van der Waals surface area contributed by atoms with Crippen molar-refractivity contribution in [3.8, 4) is 0 Å². The molecule has 1 saturated heterocycles. The zero-order chi connectivity index (χ0) is 12.9. The highest BCUT2D eigenvalue weighted by atomic mass is 16.6. The van der Waals surface area contributed by atoms with Crippen molar-refractivity contribution in [2.45, 2.75) is 57.6 Å². The van der Waals surface area contributed by atoms with Crippen molar-refractivity contribution in [1.82, 2.24) is 0 Å². The fourth-order valence-electron chi connectivity index (χ4n) is 2.35. The van der Waals surface area contributed by atoms with E-state index in [1.54, 1.807) is 6.92 Å². The van der Waals surface area contributed by atoms with E-state index in [1.807, 2.05) is 0 Å². The lowest BCUT2D eigenvalue weighted by Crippen LogP contribution is -2.52. The molecular weight excluding hydrogens is 218 g/mol. The zero-order valence-electron chi connectivity index (χ0n) is 10.7. The third kappa shape index (κ3) is 2.76. The number of nitrogens with zero attached hydrogens (tertiary/aromatic N) is 1. The Morgan fingerprint density at radius 1 is 1.65 bits per heavy atom. The number of hydrogen-bond acceptors (Lipinski definition) is 3. The molecule has 1 heterocycles. The van der Waals surface area contributed by atoms with E-state index in [1.165, 1.54) is 0 Å². The third-order valence-corrected chi connectivity index (χ3v) is 3.57. The number of hydrogen-bond donors (Lipinski definition) is 0. The first-order chi connectivity index (χ1) is 8.07. The highest BCUT2D eigenvalue weighted by molar-refractivity contribution is 5.19. The Bertz CT molecular complexity index is 334. The molecule has 0 unspecified atom stereocenters. The largest absolute Gasteiger partial charge is 0.370 e. The second-order valence-corrected chi connectivity index (χ2v) is 4.67. The molecule has 0 aromatic heterocycles. The topological polar surface area (TPSA) is 52.4 Å². The molecule has 0 spiro atoms. The number of ether oxygens (including phenoxy) is 1. The van der Waals surface area contributed by atoms with E-state index in [2.05, 4.69) is 19.2 Å². The molecule has 0 aliphatic carbocycles. The van der Waals surface area contributed by atoms with Crippen LogP contribution in [0.3, 0.4) is 0 Å². The van der Waals surface area contributed by atoms with Crippen molar-refractivity contribution in [3.05, 3.63) is 28.0 Å². The standard InChI is InChI=1S/C13H21NO3/c1-4-6-7-8-12-13(3,14(15)16)11(5-2)9-10-17-12/h12H,2,4,6-10H2,1,3H3/t12-,13+/m1/s1. The van der Waals surface area contributed by atoms with Crippen LogP contribution in [0, 0.1) is 10.1 Å². The maximum atomic E-state index is 11.3. The lowest BCUT2D eigenvalue weighted by Gasteiger charge is -2.35. The average molecular weight is 239 g/mol. The molecule has 1 fully saturated rings. The molecule has 2 atom stereocenters. The molecule has 1 rings (SSSR count). The molecule has 17 heavy (non-hydrogen) atoms. The Balaban J connectivity index is 2.86. The fraction of sp³-hybridized carbons (Fsp3) is 0.769. The van der Waals surface area contributed by atoms with Gasteiger partial charge >= 0.3 is 0 Å². The van der Waals surface area contributed by atoms with Gasteiger partial charge in [0.2, 0.25) is 0 Å². The molecule has 0 aromatic rings. The maximum Gasteiger partial charge on any atom is 0.273 e. The van der Waals surface area contributed by atoms with Crippen LogP contribution in [-0.4, -0.2) is 23.2 Å². The molecule has 0 saturated carbocycles. The Kier molecular flexibility index (Phi) is 4.91. The summed E-state index contributed by atoms with van der Waals surface area (Å²) in [5.74, 6) is 0. The van der Waals surface area contributed by atoms with Crippen molar-refractivity contribution in [2.75, 3.05) is 6.61 Å². The minimum absolute atomic E-state index is 0.240. The number of rotatable bonds is 5. The third-order valence-electron chi connectivity index (χ3n) is 3.57. The molecule has 0 amide bonds. The van der Waals surface area contributed by atoms with E-state index in [9.17, 15) is 10.1 Å². The predicted octanol–water partition coefficient (Wildman–Crippen LogP) is 3.10. The van der Waals surface area contributed by atoms with Gasteiger partial charge in [-0.15, -0.1) is 5.73 Å². The van der Waals surface area contributed by atoms with Gasteiger partial charge in [0.15, 0.2) is 0 Å². The lowest BCUT2D eigenvalue weighted by molar-refractivity contribution is -0.571. The Labute approximate surface area is 103 Å². The molecule has 1 aliphatic rings. The normalized spacial score (nSPS) is 28.8. The van der Waals surface area contributed by atoms with E-state index in [4.69, 9.17) is 4.74 Å². The molecule has 4 nitrogen and oxygen atoms in total. The van der Waals surface area contributed by atoms with Gasteiger partial charge in [-0.1, -0.05) is 32.8 Å². The van der Waals surface area contributed by atoms with Gasteiger partial charge in [-0.2, -0.15) is 0 Å². The lowest BCUT2D eigenvalue weighted by atomic mass is 9.81. The van der Waals surface area contributed by atoms with Gasteiger partial charge in [0, 0.05) is 18.3 Å². The number of nitro groups is 1. The van der Waals surface area contributed by atoms with Gasteiger partial charge in [0.05, 0.1) is 12.2 Å². The van der Waals surface area contributed by atoms with Crippen molar-refractivity contribution in [2.24, 2.45) is 0 Å². The summed E-state index contributed by atoms with van der Waals surface area (Å²) in [6, 6.07) is 0. The molecule has 0 radical (unpaired) electrons. The quantitative estimate of drug-likeness (QED) is 0.320. The van der Waals surface area contributed by atoms with Crippen molar-refractivity contribution in [3.63, 3.8) is 0 Å². The number of unbranched alkanes of at least 4 members (excludes halogenated alkanes) is 2. The Hall–Kier alpha value is -1.12. The summed E-state index contributed by atoms with van der Waals surface area (Å²) < 4.78 is 5.60. The summed E-state index contributed by atoms with van der Waals surface area (Å²) in [6.07, 6.45) is 4.10. The van der Waals surface area contributed by atoms with Crippen molar-refractivity contribution < 1.29 is 9.66 Å². The maximum absolute atomic E-state index is 11.3. The first kappa shape index (κ1) is 13.9. The first-order valence-corrected chi connectivity index (χ1v) is 6.22. The minimum Gasteiger partial charge on any atom is -0.370 e. The van der Waals surface area contributed by atoms with E-state index in [-0.39, 0.29) is 11.0 Å². The predicted molar refractivity (Wildman–Crippen MR) is 66.6 cm³/mol. The van der Waals surface area contributed by atoms with Crippen LogP contribution < -0.4 is 0 Å². The summed E-state index contributed by atoms with van der Waals surface area (Å²) in [5.41, 5.74) is 2.27. The van der Waals surface area contributed by atoms with E-state index in [0.29, 0.717) is 18.6 Å². The molecule has 0 N–H and O–H groups in total.